The molecule has 0 atom stereocenters. The lowest BCUT2D eigenvalue weighted by molar-refractivity contribution is 0.399. The largest absolute Gasteiger partial charge is 0.481 e. The molecule has 4 heteroatoms. The van der Waals surface area contributed by atoms with Gasteiger partial charge in [0.1, 0.15) is 5.82 Å². The number of fused-ring (bicyclic) bond motifs is 1. The SMILES string of the molecule is COc1ncccc1-c1cccc2nc(C)n(C)c12. The van der Waals surface area contributed by atoms with Gasteiger partial charge in [-0.3, -0.25) is 0 Å². The number of hydrogen-bond acceptors (Lipinski definition) is 3. The number of aryl methyl sites for hydroxylation is 2. The van der Waals surface area contributed by atoms with Crippen LogP contribution in [0.1, 0.15) is 5.82 Å². The minimum atomic E-state index is 0.633. The average Bonchev–Trinajstić information content (AvgIpc) is 2.74. The highest BCUT2D eigenvalue weighted by Gasteiger charge is 2.13. The summed E-state index contributed by atoms with van der Waals surface area (Å²) in [4.78, 5) is 8.82. The summed E-state index contributed by atoms with van der Waals surface area (Å²) in [5.74, 6) is 1.62. The first-order valence-corrected chi connectivity index (χ1v) is 6.14. The van der Waals surface area contributed by atoms with E-state index in [0.717, 1.165) is 28.0 Å². The maximum absolute atomic E-state index is 5.35. The Balaban J connectivity index is 2.36. The number of methoxy groups -OCH3 is 1. The van der Waals surface area contributed by atoms with Crippen LogP contribution < -0.4 is 4.74 Å². The summed E-state index contributed by atoms with van der Waals surface area (Å²) >= 11 is 0. The lowest BCUT2D eigenvalue weighted by Crippen LogP contribution is -1.95. The van der Waals surface area contributed by atoms with Crippen molar-refractivity contribution in [3.63, 3.8) is 0 Å². The molecule has 0 spiro atoms. The molecule has 0 fully saturated rings. The number of para-hydroxylation sites is 1. The second kappa shape index (κ2) is 4.39. The fraction of sp³-hybridized carbons (Fsp3) is 0.200. The van der Waals surface area contributed by atoms with E-state index in [1.165, 1.54) is 0 Å². The molecule has 0 N–H and O–H groups in total. The number of rotatable bonds is 2. The molecule has 0 aliphatic heterocycles. The average molecular weight is 253 g/mol. The number of benzene rings is 1. The van der Waals surface area contributed by atoms with Crippen molar-refractivity contribution in [2.24, 2.45) is 7.05 Å². The van der Waals surface area contributed by atoms with Crippen LogP contribution >= 0.6 is 0 Å². The van der Waals surface area contributed by atoms with Crippen LogP contribution in [0.2, 0.25) is 0 Å². The Morgan fingerprint density at radius 3 is 2.68 bits per heavy atom. The first kappa shape index (κ1) is 11.7. The second-order valence-corrected chi connectivity index (χ2v) is 4.45. The Morgan fingerprint density at radius 1 is 1.11 bits per heavy atom. The molecule has 3 aromatic rings. The van der Waals surface area contributed by atoms with Crippen LogP contribution in [0.5, 0.6) is 5.88 Å². The quantitative estimate of drug-likeness (QED) is 0.705. The molecule has 0 bridgehead atoms. The van der Waals surface area contributed by atoms with Crippen molar-refractivity contribution in [2.75, 3.05) is 7.11 Å². The molecular formula is C15H15N3O. The maximum Gasteiger partial charge on any atom is 0.221 e. The summed E-state index contributed by atoms with van der Waals surface area (Å²) in [6.07, 6.45) is 1.73. The van der Waals surface area contributed by atoms with Crippen molar-refractivity contribution in [3.8, 4) is 17.0 Å². The van der Waals surface area contributed by atoms with Crippen molar-refractivity contribution in [1.29, 1.82) is 0 Å². The molecule has 2 aromatic heterocycles. The van der Waals surface area contributed by atoms with Gasteiger partial charge >= 0.3 is 0 Å². The minimum Gasteiger partial charge on any atom is -0.481 e. The number of ether oxygens (including phenoxy) is 1. The Labute approximate surface area is 111 Å². The maximum atomic E-state index is 5.35. The fourth-order valence-electron chi connectivity index (χ4n) is 2.36. The van der Waals surface area contributed by atoms with Crippen LogP contribution in [-0.4, -0.2) is 21.6 Å². The number of hydrogen-bond donors (Lipinski definition) is 0. The lowest BCUT2D eigenvalue weighted by atomic mass is 10.1. The Morgan fingerprint density at radius 2 is 1.89 bits per heavy atom. The Hall–Kier alpha value is -2.36. The Kier molecular flexibility index (Phi) is 2.71. The van der Waals surface area contributed by atoms with Crippen molar-refractivity contribution in [2.45, 2.75) is 6.92 Å². The molecule has 2 heterocycles. The third-order valence-corrected chi connectivity index (χ3v) is 3.37. The highest BCUT2D eigenvalue weighted by molar-refractivity contribution is 5.93. The number of aromatic nitrogens is 3. The fourth-order valence-corrected chi connectivity index (χ4v) is 2.36. The van der Waals surface area contributed by atoms with Crippen molar-refractivity contribution in [1.82, 2.24) is 14.5 Å². The molecule has 19 heavy (non-hydrogen) atoms. The zero-order valence-electron chi connectivity index (χ0n) is 11.2. The summed E-state index contributed by atoms with van der Waals surface area (Å²) in [7, 11) is 3.66. The predicted molar refractivity (Wildman–Crippen MR) is 75.2 cm³/mol. The minimum absolute atomic E-state index is 0.633. The van der Waals surface area contributed by atoms with Gasteiger partial charge in [0.2, 0.25) is 5.88 Å². The van der Waals surface area contributed by atoms with Gasteiger partial charge in [0, 0.05) is 24.4 Å². The normalized spacial score (nSPS) is 10.9. The van der Waals surface area contributed by atoms with Crippen LogP contribution in [0, 0.1) is 6.92 Å². The van der Waals surface area contributed by atoms with E-state index in [-0.39, 0.29) is 0 Å². The van der Waals surface area contributed by atoms with E-state index >= 15 is 0 Å². The highest BCUT2D eigenvalue weighted by atomic mass is 16.5. The summed E-state index contributed by atoms with van der Waals surface area (Å²) in [5, 5.41) is 0. The van der Waals surface area contributed by atoms with E-state index in [2.05, 4.69) is 20.6 Å². The van der Waals surface area contributed by atoms with E-state index in [0.29, 0.717) is 5.88 Å². The van der Waals surface area contributed by atoms with Gasteiger partial charge in [0.15, 0.2) is 0 Å². The molecule has 4 nitrogen and oxygen atoms in total. The van der Waals surface area contributed by atoms with Gasteiger partial charge in [0.25, 0.3) is 0 Å². The molecule has 0 aliphatic rings. The molecule has 0 unspecified atom stereocenters. The number of imidazole rings is 1. The molecule has 1 aromatic carbocycles. The molecule has 3 rings (SSSR count). The van der Waals surface area contributed by atoms with E-state index in [9.17, 15) is 0 Å². The van der Waals surface area contributed by atoms with Gasteiger partial charge in [0.05, 0.1) is 18.1 Å². The van der Waals surface area contributed by atoms with Crippen molar-refractivity contribution in [3.05, 3.63) is 42.4 Å². The van der Waals surface area contributed by atoms with Crippen LogP contribution in [0.4, 0.5) is 0 Å². The summed E-state index contributed by atoms with van der Waals surface area (Å²) < 4.78 is 7.45. The zero-order valence-corrected chi connectivity index (χ0v) is 11.2. The molecule has 0 saturated heterocycles. The standard InChI is InChI=1S/C15H15N3O/c1-10-17-13-8-4-6-11(14(13)18(10)2)12-7-5-9-16-15(12)19-3/h4-9H,1-3H3. The molecule has 0 saturated carbocycles. The van der Waals surface area contributed by atoms with Crippen molar-refractivity contribution >= 4 is 11.0 Å². The summed E-state index contributed by atoms with van der Waals surface area (Å²) in [6.45, 7) is 2.00. The van der Waals surface area contributed by atoms with Gasteiger partial charge in [-0.15, -0.1) is 0 Å². The van der Waals surface area contributed by atoms with E-state index in [1.54, 1.807) is 13.3 Å². The molecule has 0 aliphatic carbocycles. The van der Waals surface area contributed by atoms with Gasteiger partial charge in [-0.25, -0.2) is 9.97 Å². The smallest absolute Gasteiger partial charge is 0.221 e. The van der Waals surface area contributed by atoms with E-state index in [1.807, 2.05) is 38.2 Å². The topological polar surface area (TPSA) is 39.9 Å². The highest BCUT2D eigenvalue weighted by Crippen LogP contribution is 2.33. The lowest BCUT2D eigenvalue weighted by Gasteiger charge is -2.09. The van der Waals surface area contributed by atoms with Crippen molar-refractivity contribution < 1.29 is 4.74 Å². The number of pyridine rings is 1. The predicted octanol–water partition coefficient (Wildman–Crippen LogP) is 2.95. The van der Waals surface area contributed by atoms with Gasteiger partial charge in [-0.05, 0) is 25.1 Å². The van der Waals surface area contributed by atoms with Crippen LogP contribution in [0.25, 0.3) is 22.2 Å². The number of nitrogens with zero attached hydrogens (tertiary/aromatic N) is 3. The molecular weight excluding hydrogens is 238 g/mol. The third-order valence-electron chi connectivity index (χ3n) is 3.37. The van der Waals surface area contributed by atoms with Gasteiger partial charge in [-0.1, -0.05) is 12.1 Å². The molecule has 0 amide bonds. The zero-order chi connectivity index (χ0) is 13.4. The first-order chi connectivity index (χ1) is 9.22. The molecule has 0 radical (unpaired) electrons. The van der Waals surface area contributed by atoms with Crippen LogP contribution in [0.3, 0.4) is 0 Å². The van der Waals surface area contributed by atoms with E-state index in [4.69, 9.17) is 4.74 Å². The Bertz CT molecular complexity index is 746. The first-order valence-electron chi connectivity index (χ1n) is 6.14. The van der Waals surface area contributed by atoms with Crippen LogP contribution in [-0.2, 0) is 7.05 Å². The summed E-state index contributed by atoms with van der Waals surface area (Å²) in [6, 6.07) is 10.0. The monoisotopic (exact) mass is 253 g/mol. The third kappa shape index (κ3) is 1.76. The van der Waals surface area contributed by atoms with Gasteiger partial charge < -0.3 is 9.30 Å². The summed E-state index contributed by atoms with van der Waals surface area (Å²) in [5.41, 5.74) is 4.17. The van der Waals surface area contributed by atoms with Gasteiger partial charge in [-0.2, -0.15) is 0 Å². The molecule has 96 valence electrons. The second-order valence-electron chi connectivity index (χ2n) is 4.45. The van der Waals surface area contributed by atoms with E-state index < -0.39 is 0 Å². The van der Waals surface area contributed by atoms with Crippen LogP contribution in [0.15, 0.2) is 36.5 Å².